The van der Waals surface area contributed by atoms with E-state index in [2.05, 4.69) is 58.1 Å². The van der Waals surface area contributed by atoms with Gasteiger partial charge in [0.2, 0.25) is 0 Å². The quantitative estimate of drug-likeness (QED) is 0.335. The number of pyridine rings is 1. The Labute approximate surface area is 190 Å². The molecule has 0 aliphatic carbocycles. The Balaban J connectivity index is 0.00000280. The van der Waals surface area contributed by atoms with Crippen molar-refractivity contribution in [2.45, 2.75) is 32.2 Å². The Hall–Kier alpha value is -1.19. The largest absolute Gasteiger partial charge is 0.357 e. The van der Waals surface area contributed by atoms with Crippen molar-refractivity contribution in [3.63, 3.8) is 0 Å². The summed E-state index contributed by atoms with van der Waals surface area (Å²) in [7, 11) is 2.25. The molecule has 3 rings (SSSR count). The molecule has 0 bridgehead atoms. The van der Waals surface area contributed by atoms with Crippen molar-refractivity contribution in [1.82, 2.24) is 20.5 Å². The highest BCUT2D eigenvalue weighted by molar-refractivity contribution is 14.0. The van der Waals surface area contributed by atoms with Crippen LogP contribution < -0.4 is 10.6 Å². The third-order valence-corrected chi connectivity index (χ3v) is 6.01. The van der Waals surface area contributed by atoms with Crippen molar-refractivity contribution in [2.75, 3.05) is 33.2 Å². The highest BCUT2D eigenvalue weighted by Gasteiger charge is 2.31. The van der Waals surface area contributed by atoms with Gasteiger partial charge >= 0.3 is 0 Å². The topological polar surface area (TPSA) is 52.6 Å². The highest BCUT2D eigenvalue weighted by Crippen LogP contribution is 2.37. The molecule has 0 aromatic carbocycles. The molecule has 1 aliphatic heterocycles. The molecule has 1 saturated heterocycles. The smallest absolute Gasteiger partial charge is 0.191 e. The Morgan fingerprint density at radius 3 is 2.89 bits per heavy atom. The van der Waals surface area contributed by atoms with E-state index in [1.807, 2.05) is 29.7 Å². The van der Waals surface area contributed by atoms with Crippen LogP contribution in [0.1, 0.15) is 36.4 Å². The fourth-order valence-corrected chi connectivity index (χ4v) is 4.75. The van der Waals surface area contributed by atoms with Crippen molar-refractivity contribution < 1.29 is 0 Å². The lowest BCUT2D eigenvalue weighted by Crippen LogP contribution is -2.40. The maximum Gasteiger partial charge on any atom is 0.191 e. The molecule has 2 atom stereocenters. The summed E-state index contributed by atoms with van der Waals surface area (Å²) in [6, 6.07) is 11.0. The molecule has 154 valence electrons. The van der Waals surface area contributed by atoms with Gasteiger partial charge in [0.25, 0.3) is 0 Å². The maximum absolute atomic E-state index is 4.91. The molecule has 0 spiro atoms. The van der Waals surface area contributed by atoms with Gasteiger partial charge in [-0.15, -0.1) is 35.3 Å². The van der Waals surface area contributed by atoms with Crippen LogP contribution in [0.2, 0.25) is 0 Å². The van der Waals surface area contributed by atoms with Crippen molar-refractivity contribution in [3.05, 3.63) is 52.5 Å². The van der Waals surface area contributed by atoms with Crippen LogP contribution in [0, 0.1) is 5.92 Å². The van der Waals surface area contributed by atoms with Gasteiger partial charge in [0.05, 0.1) is 0 Å². The first-order chi connectivity index (χ1) is 13.3. The van der Waals surface area contributed by atoms with Crippen LogP contribution in [0.3, 0.4) is 0 Å². The number of nitrogens with one attached hydrogen (secondary N) is 2. The van der Waals surface area contributed by atoms with Crippen LogP contribution in [-0.4, -0.2) is 49.1 Å². The van der Waals surface area contributed by atoms with Gasteiger partial charge in [0.1, 0.15) is 0 Å². The summed E-state index contributed by atoms with van der Waals surface area (Å²) in [6.07, 6.45) is 5.24. The molecule has 2 aromatic heterocycles. The highest BCUT2D eigenvalue weighted by atomic mass is 127. The molecule has 0 saturated carbocycles. The molecule has 1 fully saturated rings. The van der Waals surface area contributed by atoms with Crippen LogP contribution >= 0.6 is 35.3 Å². The summed E-state index contributed by atoms with van der Waals surface area (Å²) in [5.74, 6) is 1.47. The van der Waals surface area contributed by atoms with Crippen LogP contribution in [0.15, 0.2) is 46.9 Å². The standard InChI is InChI=1S/C21H31N5S.HI/c1-3-22-21(24-13-11-18-9-4-5-12-23-18)25-16-17-8-6-14-26(2)20(17)19-10-7-15-27-19;/h4-5,7,9-10,12,15,17,20H,3,6,8,11,13-14,16H2,1-2H3,(H2,22,24,25);1H. The summed E-state index contributed by atoms with van der Waals surface area (Å²) in [4.78, 5) is 13.3. The van der Waals surface area contributed by atoms with Crippen molar-refractivity contribution in [2.24, 2.45) is 10.9 Å². The summed E-state index contributed by atoms with van der Waals surface area (Å²) in [5, 5.41) is 9.02. The molecular weight excluding hydrogens is 481 g/mol. The zero-order chi connectivity index (χ0) is 18.9. The lowest BCUT2D eigenvalue weighted by molar-refractivity contribution is 0.128. The number of likely N-dealkylation sites (tertiary alicyclic amines) is 1. The second-order valence-corrected chi connectivity index (χ2v) is 8.04. The second kappa shape index (κ2) is 12.4. The van der Waals surface area contributed by atoms with Gasteiger partial charge in [-0.1, -0.05) is 12.1 Å². The van der Waals surface area contributed by atoms with E-state index in [0.717, 1.165) is 37.7 Å². The minimum Gasteiger partial charge on any atom is -0.357 e. The van der Waals surface area contributed by atoms with E-state index in [0.29, 0.717) is 12.0 Å². The Bertz CT molecular complexity index is 692. The number of thiophene rings is 1. The first kappa shape index (κ1) is 23.1. The zero-order valence-corrected chi connectivity index (χ0v) is 20.0. The number of hydrogen-bond acceptors (Lipinski definition) is 4. The molecular formula is C21H32IN5S. The van der Waals surface area contributed by atoms with Gasteiger partial charge in [0, 0.05) is 48.9 Å². The van der Waals surface area contributed by atoms with Gasteiger partial charge in [-0.2, -0.15) is 0 Å². The number of rotatable bonds is 7. The van der Waals surface area contributed by atoms with Gasteiger partial charge in [-0.25, -0.2) is 0 Å². The lowest BCUT2D eigenvalue weighted by atomic mass is 9.88. The van der Waals surface area contributed by atoms with E-state index < -0.39 is 0 Å². The van der Waals surface area contributed by atoms with Gasteiger partial charge in [0.15, 0.2) is 5.96 Å². The van der Waals surface area contributed by atoms with Crippen molar-refractivity contribution >= 4 is 41.3 Å². The minimum atomic E-state index is 0. The molecule has 3 heterocycles. The lowest BCUT2D eigenvalue weighted by Gasteiger charge is -2.38. The van der Waals surface area contributed by atoms with Crippen LogP contribution in [0.4, 0.5) is 0 Å². The fraction of sp³-hybridized carbons (Fsp3) is 0.524. The summed E-state index contributed by atoms with van der Waals surface area (Å²) in [6.45, 7) is 5.84. The van der Waals surface area contributed by atoms with Crippen LogP contribution in [0.25, 0.3) is 0 Å². The van der Waals surface area contributed by atoms with E-state index >= 15 is 0 Å². The predicted molar refractivity (Wildman–Crippen MR) is 130 cm³/mol. The van der Waals surface area contributed by atoms with Crippen molar-refractivity contribution in [3.8, 4) is 0 Å². The molecule has 1 aliphatic rings. The summed E-state index contributed by atoms with van der Waals surface area (Å²) >= 11 is 1.86. The molecule has 7 heteroatoms. The maximum atomic E-state index is 4.91. The first-order valence-corrected chi connectivity index (χ1v) is 10.8. The third kappa shape index (κ3) is 6.70. The van der Waals surface area contributed by atoms with E-state index in [-0.39, 0.29) is 24.0 Å². The van der Waals surface area contributed by atoms with Gasteiger partial charge in [-0.3, -0.25) is 14.9 Å². The molecule has 2 unspecified atom stereocenters. The molecule has 0 radical (unpaired) electrons. The first-order valence-electron chi connectivity index (χ1n) is 9.93. The number of hydrogen-bond donors (Lipinski definition) is 2. The number of nitrogens with zero attached hydrogens (tertiary/aromatic N) is 3. The van der Waals surface area contributed by atoms with Crippen molar-refractivity contribution in [1.29, 1.82) is 0 Å². The zero-order valence-electron chi connectivity index (χ0n) is 16.8. The average Bonchev–Trinajstić information content (AvgIpc) is 3.21. The predicted octanol–water partition coefficient (Wildman–Crippen LogP) is 3.94. The fourth-order valence-electron chi connectivity index (χ4n) is 3.77. The number of piperidine rings is 1. The molecule has 5 nitrogen and oxygen atoms in total. The number of halogens is 1. The van der Waals surface area contributed by atoms with E-state index in [1.54, 1.807) is 0 Å². The van der Waals surface area contributed by atoms with E-state index in [4.69, 9.17) is 4.99 Å². The SMILES string of the molecule is CCNC(=NCC1CCCN(C)C1c1cccs1)NCCc1ccccn1.I. The Morgan fingerprint density at radius 2 is 2.18 bits per heavy atom. The third-order valence-electron chi connectivity index (χ3n) is 5.07. The van der Waals surface area contributed by atoms with Gasteiger partial charge in [-0.05, 0) is 62.9 Å². The molecule has 2 aromatic rings. The summed E-state index contributed by atoms with van der Waals surface area (Å²) in [5.41, 5.74) is 1.10. The number of aromatic nitrogens is 1. The van der Waals surface area contributed by atoms with Crippen LogP contribution in [-0.2, 0) is 6.42 Å². The Kier molecular flexibility index (Phi) is 10.2. The second-order valence-electron chi connectivity index (χ2n) is 7.06. The number of guanidine groups is 1. The molecule has 2 N–H and O–H groups in total. The number of aliphatic imine (C=N–C) groups is 1. The van der Waals surface area contributed by atoms with Gasteiger partial charge < -0.3 is 10.6 Å². The van der Waals surface area contributed by atoms with E-state index in [1.165, 1.54) is 24.3 Å². The Morgan fingerprint density at radius 1 is 1.29 bits per heavy atom. The summed E-state index contributed by atoms with van der Waals surface area (Å²) < 4.78 is 0. The monoisotopic (exact) mass is 513 g/mol. The molecule has 0 amide bonds. The van der Waals surface area contributed by atoms with E-state index in [9.17, 15) is 0 Å². The minimum absolute atomic E-state index is 0. The normalized spacial score (nSPS) is 20.4. The average molecular weight is 513 g/mol. The molecule has 28 heavy (non-hydrogen) atoms. The van der Waals surface area contributed by atoms with Crippen LogP contribution in [0.5, 0.6) is 0 Å².